The smallest absolute Gasteiger partial charge is 0.261 e. The molecule has 0 aliphatic heterocycles. The van der Waals surface area contributed by atoms with Crippen LogP contribution in [-0.4, -0.2) is 29.0 Å². The van der Waals surface area contributed by atoms with Gasteiger partial charge in [0.25, 0.3) is 5.91 Å². The number of halogens is 1. The lowest BCUT2D eigenvalue weighted by molar-refractivity contribution is 0.0957. The summed E-state index contributed by atoms with van der Waals surface area (Å²) in [5, 5.41) is 7.77. The summed E-state index contributed by atoms with van der Waals surface area (Å²) in [6.45, 7) is 6.78. The first-order valence-corrected chi connectivity index (χ1v) is 9.41. The summed E-state index contributed by atoms with van der Waals surface area (Å²) in [5.74, 6) is 0.637. The van der Waals surface area contributed by atoms with Crippen molar-refractivity contribution in [2.75, 3.05) is 18.4 Å². The van der Waals surface area contributed by atoms with Gasteiger partial charge in [-0.3, -0.25) is 4.79 Å². The van der Waals surface area contributed by atoms with Gasteiger partial charge in [-0.2, -0.15) is 0 Å². The summed E-state index contributed by atoms with van der Waals surface area (Å²) in [6.07, 6.45) is 4.02. The van der Waals surface area contributed by atoms with E-state index in [1.165, 1.54) is 17.7 Å². The Morgan fingerprint density at radius 1 is 1.31 bits per heavy atom. The Balaban J connectivity index is 1.72. The summed E-state index contributed by atoms with van der Waals surface area (Å²) in [4.78, 5) is 22.6. The number of carbonyl (C=O) groups is 1. The predicted octanol–water partition coefficient (Wildman–Crippen LogP) is 4.22. The quantitative estimate of drug-likeness (QED) is 0.596. The van der Waals surface area contributed by atoms with Crippen LogP contribution in [0.25, 0.3) is 10.2 Å². The first kappa shape index (κ1) is 18.4. The van der Waals surface area contributed by atoms with Gasteiger partial charge < -0.3 is 10.6 Å². The lowest BCUT2D eigenvalue weighted by Gasteiger charge is -2.06. The molecule has 26 heavy (non-hydrogen) atoms. The third kappa shape index (κ3) is 4.03. The van der Waals surface area contributed by atoms with Crippen molar-refractivity contribution in [3.05, 3.63) is 64.3 Å². The van der Waals surface area contributed by atoms with Gasteiger partial charge >= 0.3 is 0 Å². The number of nitrogens with zero attached hydrogens (tertiary/aromatic N) is 2. The highest BCUT2D eigenvalue weighted by Gasteiger charge is 2.18. The number of rotatable bonds is 7. The largest absolute Gasteiger partial charge is 0.366 e. The normalized spacial score (nSPS) is 10.7. The van der Waals surface area contributed by atoms with Crippen LogP contribution in [0, 0.1) is 6.92 Å². The third-order valence-corrected chi connectivity index (χ3v) is 5.41. The van der Waals surface area contributed by atoms with E-state index in [9.17, 15) is 4.79 Å². The molecular formula is C19H19ClN4OS. The summed E-state index contributed by atoms with van der Waals surface area (Å²) in [6, 6.07) is 7.63. The molecule has 3 aromatic rings. The average Bonchev–Trinajstić information content (AvgIpc) is 2.99. The van der Waals surface area contributed by atoms with Crippen molar-refractivity contribution in [1.82, 2.24) is 15.3 Å². The molecule has 0 fully saturated rings. The SMILES string of the molecule is C=CCNc1ncnc2sc(C(=O)NCCc3ccc(Cl)cc3)c(C)c12. The van der Waals surface area contributed by atoms with Crippen LogP contribution in [0.1, 0.15) is 20.8 Å². The molecule has 2 aromatic heterocycles. The molecular weight excluding hydrogens is 368 g/mol. The fourth-order valence-corrected chi connectivity index (χ4v) is 3.83. The molecule has 5 nitrogen and oxygen atoms in total. The molecule has 0 atom stereocenters. The first-order valence-electron chi connectivity index (χ1n) is 8.21. The molecule has 2 heterocycles. The molecule has 1 aromatic carbocycles. The van der Waals surface area contributed by atoms with Crippen LogP contribution in [0.2, 0.25) is 5.02 Å². The van der Waals surface area contributed by atoms with E-state index in [4.69, 9.17) is 11.6 Å². The second-order valence-corrected chi connectivity index (χ2v) is 7.20. The van der Waals surface area contributed by atoms with E-state index in [0.29, 0.717) is 23.0 Å². The molecule has 0 aliphatic rings. The molecule has 7 heteroatoms. The van der Waals surface area contributed by atoms with Crippen molar-refractivity contribution in [1.29, 1.82) is 0 Å². The van der Waals surface area contributed by atoms with Crippen LogP contribution in [0.15, 0.2) is 43.2 Å². The molecule has 3 rings (SSSR count). The predicted molar refractivity (Wildman–Crippen MR) is 108 cm³/mol. The number of hydrogen-bond acceptors (Lipinski definition) is 5. The van der Waals surface area contributed by atoms with Crippen molar-refractivity contribution in [2.45, 2.75) is 13.3 Å². The molecule has 2 N–H and O–H groups in total. The summed E-state index contributed by atoms with van der Waals surface area (Å²) in [7, 11) is 0. The Morgan fingerprint density at radius 2 is 2.08 bits per heavy atom. The zero-order chi connectivity index (χ0) is 18.5. The second-order valence-electron chi connectivity index (χ2n) is 5.76. The number of hydrogen-bond donors (Lipinski definition) is 2. The molecule has 0 bridgehead atoms. The summed E-state index contributed by atoms with van der Waals surface area (Å²) < 4.78 is 0. The number of fused-ring (bicyclic) bond motifs is 1. The summed E-state index contributed by atoms with van der Waals surface area (Å²) >= 11 is 7.27. The maximum absolute atomic E-state index is 12.6. The van der Waals surface area contributed by atoms with E-state index in [-0.39, 0.29) is 5.91 Å². The van der Waals surface area contributed by atoms with E-state index in [1.807, 2.05) is 31.2 Å². The Kier molecular flexibility index (Phi) is 5.85. The van der Waals surface area contributed by atoms with Crippen molar-refractivity contribution in [3.63, 3.8) is 0 Å². The number of carbonyl (C=O) groups excluding carboxylic acids is 1. The monoisotopic (exact) mass is 386 g/mol. The van der Waals surface area contributed by atoms with Gasteiger partial charge in [0.2, 0.25) is 0 Å². The Morgan fingerprint density at radius 3 is 2.81 bits per heavy atom. The fraction of sp³-hybridized carbons (Fsp3) is 0.211. The topological polar surface area (TPSA) is 66.9 Å². The highest BCUT2D eigenvalue weighted by molar-refractivity contribution is 7.20. The van der Waals surface area contributed by atoms with Crippen LogP contribution < -0.4 is 10.6 Å². The molecule has 1 amide bonds. The number of aryl methyl sites for hydroxylation is 1. The Labute approximate surface area is 161 Å². The van der Waals surface area contributed by atoms with Crippen LogP contribution in [0.5, 0.6) is 0 Å². The van der Waals surface area contributed by atoms with Crippen LogP contribution in [0.3, 0.4) is 0 Å². The van der Waals surface area contributed by atoms with Crippen molar-refractivity contribution >= 4 is 44.9 Å². The zero-order valence-electron chi connectivity index (χ0n) is 14.4. The van der Waals surface area contributed by atoms with Crippen LogP contribution in [-0.2, 0) is 6.42 Å². The maximum Gasteiger partial charge on any atom is 0.261 e. The summed E-state index contributed by atoms with van der Waals surface area (Å²) in [5.41, 5.74) is 2.02. The van der Waals surface area contributed by atoms with Gasteiger partial charge in [0.1, 0.15) is 17.0 Å². The third-order valence-electron chi connectivity index (χ3n) is 3.96. The van der Waals surface area contributed by atoms with Gasteiger partial charge in [-0.25, -0.2) is 9.97 Å². The number of benzene rings is 1. The zero-order valence-corrected chi connectivity index (χ0v) is 16.0. The molecule has 0 saturated carbocycles. The lowest BCUT2D eigenvalue weighted by Crippen LogP contribution is -2.25. The minimum absolute atomic E-state index is 0.0888. The lowest BCUT2D eigenvalue weighted by atomic mass is 10.1. The molecule has 0 spiro atoms. The molecule has 0 saturated heterocycles. The van der Waals surface area contributed by atoms with Gasteiger partial charge in [-0.15, -0.1) is 17.9 Å². The standard InChI is InChI=1S/C19H19ClN4OS/c1-3-9-21-17-15-12(2)16(26-19(15)24-11-23-17)18(25)22-10-8-13-4-6-14(20)7-5-13/h3-7,11H,1,8-10H2,2H3,(H,22,25)(H,21,23,24). The molecule has 134 valence electrons. The molecule has 0 aliphatic carbocycles. The maximum atomic E-state index is 12.6. The van der Waals surface area contributed by atoms with E-state index in [0.717, 1.165) is 33.6 Å². The minimum atomic E-state index is -0.0888. The number of thiophene rings is 1. The molecule has 0 unspecified atom stereocenters. The van der Waals surface area contributed by atoms with Crippen LogP contribution in [0.4, 0.5) is 5.82 Å². The highest BCUT2D eigenvalue weighted by atomic mass is 35.5. The number of nitrogens with one attached hydrogen (secondary N) is 2. The first-order chi connectivity index (χ1) is 12.6. The Bertz CT molecular complexity index is 937. The second kappa shape index (κ2) is 8.29. The number of anilines is 1. The van der Waals surface area contributed by atoms with Crippen molar-refractivity contribution in [3.8, 4) is 0 Å². The van der Waals surface area contributed by atoms with Crippen LogP contribution >= 0.6 is 22.9 Å². The van der Waals surface area contributed by atoms with E-state index in [2.05, 4.69) is 27.2 Å². The van der Waals surface area contributed by atoms with E-state index < -0.39 is 0 Å². The molecule has 0 radical (unpaired) electrons. The van der Waals surface area contributed by atoms with Gasteiger partial charge in [0.05, 0.1) is 10.3 Å². The number of amides is 1. The minimum Gasteiger partial charge on any atom is -0.366 e. The van der Waals surface area contributed by atoms with Gasteiger partial charge in [-0.1, -0.05) is 29.8 Å². The highest BCUT2D eigenvalue weighted by Crippen LogP contribution is 2.33. The van der Waals surface area contributed by atoms with E-state index >= 15 is 0 Å². The van der Waals surface area contributed by atoms with Gasteiger partial charge in [0, 0.05) is 18.1 Å². The fourth-order valence-electron chi connectivity index (χ4n) is 2.64. The number of aromatic nitrogens is 2. The van der Waals surface area contributed by atoms with Crippen molar-refractivity contribution in [2.24, 2.45) is 0 Å². The van der Waals surface area contributed by atoms with Crippen molar-refractivity contribution < 1.29 is 4.79 Å². The average molecular weight is 387 g/mol. The van der Waals surface area contributed by atoms with Gasteiger partial charge in [0.15, 0.2) is 0 Å². The Hall–Kier alpha value is -2.44. The van der Waals surface area contributed by atoms with Gasteiger partial charge in [-0.05, 0) is 36.6 Å². The van der Waals surface area contributed by atoms with E-state index in [1.54, 1.807) is 6.08 Å².